The molecule has 0 aromatic heterocycles. The number of hydrogen-bond acceptors (Lipinski definition) is 2. The zero-order valence-corrected chi connectivity index (χ0v) is 7.79. The van der Waals surface area contributed by atoms with Crippen molar-refractivity contribution >= 4 is 11.8 Å². The summed E-state index contributed by atoms with van der Waals surface area (Å²) in [4.78, 5) is 0. The molecule has 0 aromatic rings. The SMILES string of the molecule is C=C(C)CSC(C)(C)CO. The molecule has 1 nitrogen and oxygen atoms in total. The van der Waals surface area contributed by atoms with Gasteiger partial charge in [-0.2, -0.15) is 0 Å². The summed E-state index contributed by atoms with van der Waals surface area (Å²) in [6.07, 6.45) is 0. The Morgan fingerprint density at radius 3 is 2.40 bits per heavy atom. The Morgan fingerprint density at radius 2 is 2.10 bits per heavy atom. The van der Waals surface area contributed by atoms with Crippen molar-refractivity contribution in [2.24, 2.45) is 0 Å². The summed E-state index contributed by atoms with van der Waals surface area (Å²) in [6, 6.07) is 0. The van der Waals surface area contributed by atoms with Gasteiger partial charge in [0.25, 0.3) is 0 Å². The molecule has 0 aromatic carbocycles. The van der Waals surface area contributed by atoms with Crippen LogP contribution in [0, 0.1) is 0 Å². The first-order valence-electron chi connectivity index (χ1n) is 3.37. The lowest BCUT2D eigenvalue weighted by Gasteiger charge is -2.20. The van der Waals surface area contributed by atoms with Crippen molar-refractivity contribution in [1.29, 1.82) is 0 Å². The van der Waals surface area contributed by atoms with Gasteiger partial charge in [0.2, 0.25) is 0 Å². The van der Waals surface area contributed by atoms with E-state index in [0.29, 0.717) is 0 Å². The van der Waals surface area contributed by atoms with E-state index in [1.54, 1.807) is 11.8 Å². The van der Waals surface area contributed by atoms with E-state index >= 15 is 0 Å². The van der Waals surface area contributed by atoms with Crippen LogP contribution in [-0.2, 0) is 0 Å². The van der Waals surface area contributed by atoms with Crippen molar-refractivity contribution in [3.05, 3.63) is 12.2 Å². The third kappa shape index (κ3) is 4.89. The molecule has 0 spiro atoms. The summed E-state index contributed by atoms with van der Waals surface area (Å²) in [7, 11) is 0. The first-order valence-corrected chi connectivity index (χ1v) is 4.36. The number of aliphatic hydroxyl groups excluding tert-OH is 1. The minimum Gasteiger partial charge on any atom is -0.395 e. The second-order valence-electron chi connectivity index (χ2n) is 3.16. The quantitative estimate of drug-likeness (QED) is 0.635. The number of thioether (sulfide) groups is 1. The van der Waals surface area contributed by atoms with Crippen LogP contribution in [0.15, 0.2) is 12.2 Å². The summed E-state index contributed by atoms with van der Waals surface area (Å²) < 4.78 is -0.0149. The Hall–Kier alpha value is 0.0500. The fraction of sp³-hybridized carbons (Fsp3) is 0.750. The monoisotopic (exact) mass is 160 g/mol. The van der Waals surface area contributed by atoms with E-state index in [-0.39, 0.29) is 11.4 Å². The maximum atomic E-state index is 8.86. The topological polar surface area (TPSA) is 20.2 Å². The molecule has 0 aliphatic heterocycles. The van der Waals surface area contributed by atoms with Crippen molar-refractivity contribution in [2.75, 3.05) is 12.4 Å². The molecule has 0 radical (unpaired) electrons. The molecule has 0 amide bonds. The van der Waals surface area contributed by atoms with Gasteiger partial charge in [0.15, 0.2) is 0 Å². The molecule has 10 heavy (non-hydrogen) atoms. The van der Waals surface area contributed by atoms with Crippen LogP contribution in [0.2, 0.25) is 0 Å². The van der Waals surface area contributed by atoms with E-state index in [0.717, 1.165) is 11.3 Å². The molecule has 1 N–H and O–H groups in total. The van der Waals surface area contributed by atoms with E-state index in [1.807, 2.05) is 20.8 Å². The average molecular weight is 160 g/mol. The fourth-order valence-electron chi connectivity index (χ4n) is 0.364. The third-order valence-corrected chi connectivity index (χ3v) is 2.64. The summed E-state index contributed by atoms with van der Waals surface area (Å²) in [5.41, 5.74) is 1.16. The molecular weight excluding hydrogens is 144 g/mol. The van der Waals surface area contributed by atoms with Crippen molar-refractivity contribution in [3.63, 3.8) is 0 Å². The lowest BCUT2D eigenvalue weighted by molar-refractivity contribution is 0.265. The van der Waals surface area contributed by atoms with Crippen LogP contribution in [0.5, 0.6) is 0 Å². The van der Waals surface area contributed by atoms with E-state index in [4.69, 9.17) is 5.11 Å². The molecule has 0 rings (SSSR count). The molecule has 0 bridgehead atoms. The lowest BCUT2D eigenvalue weighted by atomic mass is 10.2. The van der Waals surface area contributed by atoms with Gasteiger partial charge in [-0.25, -0.2) is 0 Å². The van der Waals surface area contributed by atoms with E-state index < -0.39 is 0 Å². The smallest absolute Gasteiger partial charge is 0.0572 e. The van der Waals surface area contributed by atoms with Crippen LogP contribution in [0.3, 0.4) is 0 Å². The van der Waals surface area contributed by atoms with Gasteiger partial charge in [-0.15, -0.1) is 11.8 Å². The molecule has 0 heterocycles. The zero-order valence-electron chi connectivity index (χ0n) is 6.98. The molecule has 2 heteroatoms. The highest BCUT2D eigenvalue weighted by Gasteiger charge is 2.15. The Morgan fingerprint density at radius 1 is 1.60 bits per heavy atom. The first-order chi connectivity index (χ1) is 4.48. The van der Waals surface area contributed by atoms with Crippen molar-refractivity contribution in [2.45, 2.75) is 25.5 Å². The third-order valence-electron chi connectivity index (χ3n) is 1.09. The summed E-state index contributed by atoms with van der Waals surface area (Å²) in [6.45, 7) is 10.1. The summed E-state index contributed by atoms with van der Waals surface area (Å²) in [5, 5.41) is 8.86. The number of hydrogen-bond donors (Lipinski definition) is 1. The zero-order chi connectivity index (χ0) is 8.20. The first kappa shape index (κ1) is 10.0. The normalized spacial score (nSPS) is 11.6. The number of rotatable bonds is 4. The minimum atomic E-state index is -0.0149. The van der Waals surface area contributed by atoms with Gasteiger partial charge >= 0.3 is 0 Å². The standard InChI is InChI=1S/C8H16OS/c1-7(2)5-10-8(3,4)6-9/h9H,1,5-6H2,2-4H3. The van der Waals surface area contributed by atoms with Crippen LogP contribution in [0.4, 0.5) is 0 Å². The van der Waals surface area contributed by atoms with E-state index in [9.17, 15) is 0 Å². The molecule has 0 atom stereocenters. The predicted octanol–water partition coefficient (Wildman–Crippen LogP) is 2.07. The Balaban J connectivity index is 3.56. The van der Waals surface area contributed by atoms with Gasteiger partial charge in [-0.3, -0.25) is 0 Å². The van der Waals surface area contributed by atoms with E-state index in [2.05, 4.69) is 6.58 Å². The highest BCUT2D eigenvalue weighted by atomic mass is 32.2. The highest BCUT2D eigenvalue weighted by Crippen LogP contribution is 2.24. The van der Waals surface area contributed by atoms with Crippen LogP contribution in [0.1, 0.15) is 20.8 Å². The van der Waals surface area contributed by atoms with Crippen LogP contribution < -0.4 is 0 Å². The second kappa shape index (κ2) is 4.04. The lowest BCUT2D eigenvalue weighted by Crippen LogP contribution is -2.20. The molecule has 0 saturated heterocycles. The Labute approximate surface area is 67.5 Å². The van der Waals surface area contributed by atoms with Gasteiger partial charge in [0, 0.05) is 10.5 Å². The van der Waals surface area contributed by atoms with Gasteiger partial charge in [0.1, 0.15) is 0 Å². The van der Waals surface area contributed by atoms with Gasteiger partial charge in [0.05, 0.1) is 6.61 Å². The fourth-order valence-corrected chi connectivity index (χ4v) is 1.09. The second-order valence-corrected chi connectivity index (χ2v) is 4.85. The summed E-state index contributed by atoms with van der Waals surface area (Å²) in [5.74, 6) is 0.938. The molecule has 0 saturated carbocycles. The molecule has 0 fully saturated rings. The average Bonchev–Trinajstić information content (AvgIpc) is 1.85. The predicted molar refractivity (Wildman–Crippen MR) is 48.4 cm³/mol. The van der Waals surface area contributed by atoms with Crippen molar-refractivity contribution in [3.8, 4) is 0 Å². The maximum absolute atomic E-state index is 8.86. The van der Waals surface area contributed by atoms with E-state index in [1.165, 1.54) is 0 Å². The van der Waals surface area contributed by atoms with Gasteiger partial charge in [-0.1, -0.05) is 12.2 Å². The van der Waals surface area contributed by atoms with Crippen LogP contribution in [-0.4, -0.2) is 22.2 Å². The molecular formula is C8H16OS. The molecule has 0 aliphatic carbocycles. The minimum absolute atomic E-state index is 0.0149. The van der Waals surface area contributed by atoms with Gasteiger partial charge in [-0.05, 0) is 20.8 Å². The summed E-state index contributed by atoms with van der Waals surface area (Å²) >= 11 is 1.74. The molecule has 0 unspecified atom stereocenters. The Bertz CT molecular complexity index is 118. The van der Waals surface area contributed by atoms with Gasteiger partial charge < -0.3 is 5.11 Å². The highest BCUT2D eigenvalue weighted by molar-refractivity contribution is 8.00. The molecule has 0 aliphatic rings. The largest absolute Gasteiger partial charge is 0.395 e. The maximum Gasteiger partial charge on any atom is 0.0572 e. The number of aliphatic hydroxyl groups is 1. The van der Waals surface area contributed by atoms with Crippen LogP contribution >= 0.6 is 11.8 Å². The van der Waals surface area contributed by atoms with Crippen molar-refractivity contribution < 1.29 is 5.11 Å². The van der Waals surface area contributed by atoms with Crippen molar-refractivity contribution in [1.82, 2.24) is 0 Å². The molecule has 60 valence electrons. The Kier molecular flexibility index (Phi) is 4.06. The van der Waals surface area contributed by atoms with Crippen LogP contribution in [0.25, 0.3) is 0 Å².